The number of pyridine rings is 1. The van der Waals surface area contributed by atoms with Gasteiger partial charge in [0.15, 0.2) is 0 Å². The highest BCUT2D eigenvalue weighted by molar-refractivity contribution is 6.13. The number of aliphatic imine (C=N–C) groups is 1. The van der Waals surface area contributed by atoms with Crippen molar-refractivity contribution in [3.63, 3.8) is 0 Å². The highest BCUT2D eigenvalue weighted by Crippen LogP contribution is 2.32. The molecule has 7 nitrogen and oxygen atoms in total. The lowest BCUT2D eigenvalue weighted by Crippen LogP contribution is -2.36. The first-order valence-corrected chi connectivity index (χ1v) is 7.83. The van der Waals surface area contributed by atoms with E-state index in [0.717, 1.165) is 0 Å². The van der Waals surface area contributed by atoms with Crippen molar-refractivity contribution in [2.24, 2.45) is 10.7 Å². The van der Waals surface area contributed by atoms with E-state index in [4.69, 9.17) is 15.2 Å². The van der Waals surface area contributed by atoms with Gasteiger partial charge in [0.05, 0.1) is 36.4 Å². The van der Waals surface area contributed by atoms with Gasteiger partial charge in [-0.15, -0.1) is 0 Å². The monoisotopic (exact) mass is 350 g/mol. The number of carbonyl (C=O) groups excluding carboxylic acids is 1. The Hall–Kier alpha value is -3.61. The second kappa shape index (κ2) is 7.52. The Bertz CT molecular complexity index is 971. The van der Waals surface area contributed by atoms with Crippen LogP contribution in [0.4, 0.5) is 5.69 Å². The highest BCUT2D eigenvalue weighted by Gasteiger charge is 2.16. The van der Waals surface area contributed by atoms with Crippen molar-refractivity contribution in [1.29, 1.82) is 0 Å². The largest absolute Gasteiger partial charge is 0.497 e. The highest BCUT2D eigenvalue weighted by atomic mass is 16.5. The summed E-state index contributed by atoms with van der Waals surface area (Å²) in [4.78, 5) is 21.2. The van der Waals surface area contributed by atoms with E-state index in [1.165, 1.54) is 7.11 Å². The van der Waals surface area contributed by atoms with Crippen molar-refractivity contribution in [3.05, 3.63) is 60.3 Å². The number of nitrogens with zero attached hydrogens (tertiary/aromatic N) is 2. The van der Waals surface area contributed by atoms with Crippen LogP contribution in [0.1, 0.15) is 10.4 Å². The standard InChI is InChI=1S/C19H18N4O3/c1-25-13-10-15-17(16(11-13)26-2)14(8-9-21-15)18(24)23-19(20)22-12-6-4-3-5-7-12/h3-11H,1-2H3,(H3,20,22,23,24). The number of fused-ring (bicyclic) bond motifs is 1. The van der Waals surface area contributed by atoms with E-state index in [1.54, 1.807) is 43.6 Å². The Morgan fingerprint density at radius 1 is 1.12 bits per heavy atom. The van der Waals surface area contributed by atoms with Crippen LogP contribution in [-0.4, -0.2) is 31.1 Å². The van der Waals surface area contributed by atoms with Gasteiger partial charge < -0.3 is 15.2 Å². The fraction of sp³-hybridized carbons (Fsp3) is 0.105. The van der Waals surface area contributed by atoms with Gasteiger partial charge in [-0.25, -0.2) is 4.99 Å². The van der Waals surface area contributed by atoms with Crippen LogP contribution in [-0.2, 0) is 0 Å². The molecule has 0 aliphatic heterocycles. The molecule has 2 aromatic carbocycles. The Morgan fingerprint density at radius 2 is 1.88 bits per heavy atom. The topological polar surface area (TPSA) is 98.8 Å². The first-order valence-electron chi connectivity index (χ1n) is 7.83. The summed E-state index contributed by atoms with van der Waals surface area (Å²) in [7, 11) is 3.08. The van der Waals surface area contributed by atoms with Crippen LogP contribution in [0.25, 0.3) is 10.9 Å². The van der Waals surface area contributed by atoms with Crippen LogP contribution < -0.4 is 20.5 Å². The van der Waals surface area contributed by atoms with Crippen LogP contribution in [0, 0.1) is 0 Å². The minimum atomic E-state index is -0.405. The third-order valence-electron chi connectivity index (χ3n) is 3.73. The molecule has 3 aromatic rings. The number of guanidine groups is 1. The zero-order valence-corrected chi connectivity index (χ0v) is 14.4. The molecule has 0 fully saturated rings. The molecule has 132 valence electrons. The summed E-state index contributed by atoms with van der Waals surface area (Å²) in [6.45, 7) is 0. The number of carbonyl (C=O) groups is 1. The summed E-state index contributed by atoms with van der Waals surface area (Å²) in [5.41, 5.74) is 7.45. The number of nitrogens with two attached hydrogens (primary N) is 1. The molecular weight excluding hydrogens is 332 g/mol. The summed E-state index contributed by atoms with van der Waals surface area (Å²) >= 11 is 0. The molecule has 0 saturated heterocycles. The van der Waals surface area contributed by atoms with Gasteiger partial charge in [0.1, 0.15) is 11.5 Å². The average molecular weight is 350 g/mol. The van der Waals surface area contributed by atoms with Gasteiger partial charge in [0, 0.05) is 18.3 Å². The molecule has 3 N–H and O–H groups in total. The molecule has 0 bridgehead atoms. The van der Waals surface area contributed by atoms with Gasteiger partial charge >= 0.3 is 0 Å². The van der Waals surface area contributed by atoms with Crippen LogP contribution in [0.3, 0.4) is 0 Å². The van der Waals surface area contributed by atoms with Crippen molar-refractivity contribution in [2.75, 3.05) is 14.2 Å². The number of para-hydroxylation sites is 1. The Labute approximate surface area is 150 Å². The number of benzene rings is 2. The summed E-state index contributed by atoms with van der Waals surface area (Å²) in [5, 5.41) is 3.16. The maximum atomic E-state index is 12.7. The second-order valence-electron chi connectivity index (χ2n) is 5.37. The van der Waals surface area contributed by atoms with Gasteiger partial charge in [0.2, 0.25) is 5.96 Å². The minimum absolute atomic E-state index is 0.00126. The van der Waals surface area contributed by atoms with E-state index in [0.29, 0.717) is 33.7 Å². The number of ether oxygens (including phenoxy) is 2. The minimum Gasteiger partial charge on any atom is -0.497 e. The molecule has 0 radical (unpaired) electrons. The number of aromatic nitrogens is 1. The molecule has 0 aliphatic carbocycles. The lowest BCUT2D eigenvalue weighted by Gasteiger charge is -2.12. The van der Waals surface area contributed by atoms with E-state index in [1.807, 2.05) is 18.2 Å². The fourth-order valence-corrected chi connectivity index (χ4v) is 2.55. The van der Waals surface area contributed by atoms with Crippen LogP contribution in [0.2, 0.25) is 0 Å². The predicted octanol–water partition coefficient (Wildman–Crippen LogP) is 2.63. The van der Waals surface area contributed by atoms with E-state index in [9.17, 15) is 4.79 Å². The number of rotatable bonds is 4. The first kappa shape index (κ1) is 17.2. The third kappa shape index (κ3) is 3.56. The van der Waals surface area contributed by atoms with Crippen molar-refractivity contribution < 1.29 is 14.3 Å². The van der Waals surface area contributed by atoms with Crippen LogP contribution in [0.5, 0.6) is 11.5 Å². The summed E-state index contributed by atoms with van der Waals surface area (Å²) in [5.74, 6) is 0.664. The van der Waals surface area contributed by atoms with E-state index < -0.39 is 5.91 Å². The normalized spacial score (nSPS) is 11.2. The van der Waals surface area contributed by atoms with Crippen LogP contribution in [0.15, 0.2) is 59.7 Å². The number of amides is 1. The molecule has 0 atom stereocenters. The molecule has 3 rings (SSSR count). The van der Waals surface area contributed by atoms with E-state index >= 15 is 0 Å². The zero-order chi connectivity index (χ0) is 18.5. The third-order valence-corrected chi connectivity index (χ3v) is 3.73. The van der Waals surface area contributed by atoms with Gasteiger partial charge in [-0.2, -0.15) is 0 Å². The molecule has 0 saturated carbocycles. The molecule has 1 amide bonds. The second-order valence-corrected chi connectivity index (χ2v) is 5.37. The molecule has 1 aromatic heterocycles. The summed E-state index contributed by atoms with van der Waals surface area (Å²) in [6, 6.07) is 14.1. The maximum Gasteiger partial charge on any atom is 0.258 e. The summed E-state index contributed by atoms with van der Waals surface area (Å²) in [6.07, 6.45) is 1.54. The van der Waals surface area contributed by atoms with Crippen molar-refractivity contribution >= 4 is 28.5 Å². The number of nitrogens with one attached hydrogen (secondary N) is 1. The Balaban J connectivity index is 1.97. The molecule has 0 unspecified atom stereocenters. The van der Waals surface area contributed by atoms with Gasteiger partial charge in [0.25, 0.3) is 5.91 Å². The average Bonchev–Trinajstić information content (AvgIpc) is 2.67. The molecule has 1 heterocycles. The van der Waals surface area contributed by atoms with Gasteiger partial charge in [-0.05, 0) is 18.2 Å². The SMILES string of the molecule is COc1cc(OC)c2c(C(=O)NC(N)=Nc3ccccc3)ccnc2c1. The Kier molecular flexibility index (Phi) is 4.98. The summed E-state index contributed by atoms with van der Waals surface area (Å²) < 4.78 is 10.6. The number of hydrogen-bond donors (Lipinski definition) is 2. The molecule has 0 spiro atoms. The number of methoxy groups -OCH3 is 2. The van der Waals surface area contributed by atoms with Crippen molar-refractivity contribution in [1.82, 2.24) is 10.3 Å². The lowest BCUT2D eigenvalue weighted by molar-refractivity contribution is 0.0978. The molecule has 0 aliphatic rings. The van der Waals surface area contributed by atoms with Crippen molar-refractivity contribution in [3.8, 4) is 11.5 Å². The van der Waals surface area contributed by atoms with Crippen LogP contribution >= 0.6 is 0 Å². The maximum absolute atomic E-state index is 12.7. The van der Waals surface area contributed by atoms with Gasteiger partial charge in [-0.1, -0.05) is 18.2 Å². The van der Waals surface area contributed by atoms with E-state index in [2.05, 4.69) is 15.3 Å². The molecule has 26 heavy (non-hydrogen) atoms. The van der Waals surface area contributed by atoms with Gasteiger partial charge in [-0.3, -0.25) is 15.1 Å². The smallest absolute Gasteiger partial charge is 0.258 e. The molecule has 7 heteroatoms. The molecular formula is C19H18N4O3. The zero-order valence-electron chi connectivity index (χ0n) is 14.4. The Morgan fingerprint density at radius 3 is 2.58 bits per heavy atom. The van der Waals surface area contributed by atoms with Crippen molar-refractivity contribution in [2.45, 2.75) is 0 Å². The first-order chi connectivity index (χ1) is 12.6. The quantitative estimate of drug-likeness (QED) is 0.557. The predicted molar refractivity (Wildman–Crippen MR) is 100 cm³/mol. The van der Waals surface area contributed by atoms with E-state index in [-0.39, 0.29) is 5.96 Å². The lowest BCUT2D eigenvalue weighted by atomic mass is 10.1. The fourth-order valence-electron chi connectivity index (χ4n) is 2.55. The number of hydrogen-bond acceptors (Lipinski definition) is 5.